The van der Waals surface area contributed by atoms with Crippen molar-refractivity contribution in [1.82, 2.24) is 0 Å². The Balaban J connectivity index is 1.92. The summed E-state index contributed by atoms with van der Waals surface area (Å²) in [5.41, 5.74) is 2.33. The van der Waals surface area contributed by atoms with Crippen molar-refractivity contribution in [3.8, 4) is 11.5 Å². The van der Waals surface area contributed by atoms with E-state index in [-0.39, 0.29) is 5.78 Å². The second-order valence-electron chi connectivity index (χ2n) is 5.67. The maximum absolute atomic E-state index is 11.0. The predicted octanol–water partition coefficient (Wildman–Crippen LogP) is 4.58. The summed E-state index contributed by atoms with van der Waals surface area (Å²) in [4.78, 5) is 11.0. The van der Waals surface area contributed by atoms with Gasteiger partial charge >= 0.3 is 0 Å². The van der Waals surface area contributed by atoms with Gasteiger partial charge in [0.25, 0.3) is 0 Å². The van der Waals surface area contributed by atoms with Gasteiger partial charge in [-0.25, -0.2) is 0 Å². The van der Waals surface area contributed by atoms with Gasteiger partial charge in [0.1, 0.15) is 12.4 Å². The summed E-state index contributed by atoms with van der Waals surface area (Å²) in [7, 11) is 1.66. The number of carbonyl (C=O) groups excluding carboxylic acids is 1. The zero-order valence-electron chi connectivity index (χ0n) is 13.9. The van der Waals surface area contributed by atoms with Crippen LogP contribution in [0.2, 0.25) is 0 Å². The maximum atomic E-state index is 11.0. The lowest BCUT2D eigenvalue weighted by atomic mass is 10.1. The molecule has 0 saturated heterocycles. The number of benzene rings is 2. The number of rotatable bonds is 9. The molecular weight excluding hydrogens is 288 g/mol. The number of Topliss-reactive ketones (excluding diaryl/α,β-unsaturated/α-hetero) is 1. The van der Waals surface area contributed by atoms with Gasteiger partial charge in [-0.3, -0.25) is 0 Å². The van der Waals surface area contributed by atoms with Crippen molar-refractivity contribution < 1.29 is 14.3 Å². The van der Waals surface area contributed by atoms with E-state index in [4.69, 9.17) is 9.47 Å². The average Bonchev–Trinajstić information content (AvgIpc) is 2.58. The Kier molecular flexibility index (Phi) is 6.67. The number of hydrogen-bond acceptors (Lipinski definition) is 3. The molecule has 0 aromatic heterocycles. The van der Waals surface area contributed by atoms with Crippen LogP contribution in [-0.4, -0.2) is 12.9 Å². The van der Waals surface area contributed by atoms with Crippen LogP contribution >= 0.6 is 0 Å². The molecule has 2 rings (SSSR count). The van der Waals surface area contributed by atoms with Crippen molar-refractivity contribution in [2.75, 3.05) is 7.11 Å². The zero-order chi connectivity index (χ0) is 16.5. The third-order valence-electron chi connectivity index (χ3n) is 3.71. The quantitative estimate of drug-likeness (QED) is 0.636. The number of unbranched alkanes of at least 4 members (excludes halogenated alkanes) is 1. The fourth-order valence-electron chi connectivity index (χ4n) is 2.43. The highest BCUT2D eigenvalue weighted by molar-refractivity contribution is 5.75. The SMILES string of the molecule is COc1cc(CCCCC(C)=O)ccc1OCc1ccccc1. The monoisotopic (exact) mass is 312 g/mol. The molecule has 0 aliphatic rings. The second kappa shape index (κ2) is 8.99. The first-order valence-corrected chi connectivity index (χ1v) is 8.02. The predicted molar refractivity (Wildman–Crippen MR) is 92.0 cm³/mol. The van der Waals surface area contributed by atoms with Crippen molar-refractivity contribution in [2.45, 2.75) is 39.2 Å². The van der Waals surface area contributed by atoms with Crippen molar-refractivity contribution in [3.05, 3.63) is 59.7 Å². The molecule has 3 nitrogen and oxygen atoms in total. The summed E-state index contributed by atoms with van der Waals surface area (Å²) in [6, 6.07) is 16.1. The van der Waals surface area contributed by atoms with Gasteiger partial charge in [0.05, 0.1) is 7.11 Å². The van der Waals surface area contributed by atoms with Gasteiger partial charge in [-0.2, -0.15) is 0 Å². The van der Waals surface area contributed by atoms with E-state index in [1.807, 2.05) is 42.5 Å². The largest absolute Gasteiger partial charge is 0.493 e. The van der Waals surface area contributed by atoms with Crippen LogP contribution < -0.4 is 9.47 Å². The number of aryl methyl sites for hydroxylation is 1. The van der Waals surface area contributed by atoms with E-state index in [1.165, 1.54) is 5.56 Å². The molecule has 0 spiro atoms. The van der Waals surface area contributed by atoms with Crippen molar-refractivity contribution >= 4 is 5.78 Å². The molecule has 122 valence electrons. The summed E-state index contributed by atoms with van der Waals surface area (Å²) < 4.78 is 11.3. The van der Waals surface area contributed by atoms with Crippen molar-refractivity contribution in [2.24, 2.45) is 0 Å². The Labute approximate surface area is 138 Å². The van der Waals surface area contributed by atoms with E-state index in [0.717, 1.165) is 36.3 Å². The fraction of sp³-hybridized carbons (Fsp3) is 0.350. The van der Waals surface area contributed by atoms with Crippen LogP contribution in [0.15, 0.2) is 48.5 Å². The summed E-state index contributed by atoms with van der Waals surface area (Å²) in [6.45, 7) is 2.16. The van der Waals surface area contributed by atoms with Crippen molar-refractivity contribution in [3.63, 3.8) is 0 Å². The van der Waals surface area contributed by atoms with E-state index < -0.39 is 0 Å². The Morgan fingerprint density at radius 3 is 2.43 bits per heavy atom. The highest BCUT2D eigenvalue weighted by Crippen LogP contribution is 2.29. The van der Waals surface area contributed by atoms with E-state index >= 15 is 0 Å². The first kappa shape index (κ1) is 17.1. The molecule has 0 N–H and O–H groups in total. The van der Waals surface area contributed by atoms with Crippen LogP contribution in [0.25, 0.3) is 0 Å². The lowest BCUT2D eigenvalue weighted by Crippen LogP contribution is -1.98. The van der Waals surface area contributed by atoms with Gasteiger partial charge in [-0.15, -0.1) is 0 Å². The Hall–Kier alpha value is -2.29. The van der Waals surface area contributed by atoms with Gasteiger partial charge in [0.15, 0.2) is 11.5 Å². The second-order valence-corrected chi connectivity index (χ2v) is 5.67. The lowest BCUT2D eigenvalue weighted by molar-refractivity contribution is -0.117. The summed E-state index contributed by atoms with van der Waals surface area (Å²) in [5, 5.41) is 0. The topological polar surface area (TPSA) is 35.5 Å². The molecule has 3 heteroatoms. The van der Waals surface area contributed by atoms with E-state index in [2.05, 4.69) is 6.07 Å². The number of ketones is 1. The van der Waals surface area contributed by atoms with E-state index in [1.54, 1.807) is 14.0 Å². The third-order valence-corrected chi connectivity index (χ3v) is 3.71. The van der Waals surface area contributed by atoms with Crippen LogP contribution in [0.1, 0.15) is 37.3 Å². The normalized spacial score (nSPS) is 10.3. The molecule has 0 fully saturated rings. The molecule has 2 aromatic carbocycles. The maximum Gasteiger partial charge on any atom is 0.161 e. The van der Waals surface area contributed by atoms with E-state index in [0.29, 0.717) is 13.0 Å². The summed E-state index contributed by atoms with van der Waals surface area (Å²) >= 11 is 0. The molecular formula is C20H24O3. The molecule has 0 aliphatic heterocycles. The molecule has 0 aliphatic carbocycles. The molecule has 0 radical (unpaired) electrons. The Morgan fingerprint density at radius 2 is 1.74 bits per heavy atom. The molecule has 23 heavy (non-hydrogen) atoms. The van der Waals surface area contributed by atoms with Gasteiger partial charge in [0.2, 0.25) is 0 Å². The Bertz CT molecular complexity index is 620. The highest BCUT2D eigenvalue weighted by Gasteiger charge is 2.06. The number of ether oxygens (including phenoxy) is 2. The molecule has 0 heterocycles. The zero-order valence-corrected chi connectivity index (χ0v) is 13.9. The van der Waals surface area contributed by atoms with Crippen LogP contribution in [-0.2, 0) is 17.8 Å². The Morgan fingerprint density at radius 1 is 0.957 bits per heavy atom. The van der Waals surface area contributed by atoms with Gasteiger partial charge in [0, 0.05) is 6.42 Å². The minimum Gasteiger partial charge on any atom is -0.493 e. The number of hydrogen-bond donors (Lipinski definition) is 0. The van der Waals surface area contributed by atoms with Gasteiger partial charge < -0.3 is 14.3 Å². The van der Waals surface area contributed by atoms with Gasteiger partial charge in [-0.1, -0.05) is 36.4 Å². The molecule has 0 atom stereocenters. The number of carbonyl (C=O) groups is 1. The van der Waals surface area contributed by atoms with Crippen molar-refractivity contribution in [1.29, 1.82) is 0 Å². The minimum atomic E-state index is 0.257. The van der Waals surface area contributed by atoms with Crippen LogP contribution in [0, 0.1) is 0 Å². The van der Waals surface area contributed by atoms with E-state index in [9.17, 15) is 4.79 Å². The summed E-state index contributed by atoms with van der Waals surface area (Å²) in [5.74, 6) is 1.76. The fourth-order valence-corrected chi connectivity index (χ4v) is 2.43. The molecule has 0 amide bonds. The third kappa shape index (κ3) is 5.78. The average molecular weight is 312 g/mol. The molecule has 0 bridgehead atoms. The smallest absolute Gasteiger partial charge is 0.161 e. The highest BCUT2D eigenvalue weighted by atomic mass is 16.5. The summed E-state index contributed by atoms with van der Waals surface area (Å²) in [6.07, 6.45) is 3.55. The lowest BCUT2D eigenvalue weighted by Gasteiger charge is -2.12. The van der Waals surface area contributed by atoms with Crippen LogP contribution in [0.3, 0.4) is 0 Å². The standard InChI is InChI=1S/C20H24O3/c1-16(21)8-6-7-9-17-12-13-19(20(14-17)22-2)23-15-18-10-4-3-5-11-18/h3-5,10-14H,6-9,15H2,1-2H3. The number of methoxy groups -OCH3 is 1. The molecule has 0 saturated carbocycles. The van der Waals surface area contributed by atoms with Crippen LogP contribution in [0.4, 0.5) is 0 Å². The molecule has 2 aromatic rings. The van der Waals surface area contributed by atoms with Gasteiger partial charge in [-0.05, 0) is 49.4 Å². The minimum absolute atomic E-state index is 0.257. The first-order chi connectivity index (χ1) is 11.2. The first-order valence-electron chi connectivity index (χ1n) is 8.02. The molecule has 0 unspecified atom stereocenters. The van der Waals surface area contributed by atoms with Crippen LogP contribution in [0.5, 0.6) is 11.5 Å².